The number of imidazole rings is 1. The topological polar surface area (TPSA) is 142 Å². The second kappa shape index (κ2) is 7.41. The molecule has 0 fully saturated rings. The summed E-state index contributed by atoms with van der Waals surface area (Å²) in [5.74, 6) is 0. The molecule has 0 aliphatic rings. The fourth-order valence-electron chi connectivity index (χ4n) is 1.70. The van der Waals surface area contributed by atoms with E-state index in [2.05, 4.69) is 14.5 Å². The molecule has 1 unspecified atom stereocenters. The Morgan fingerprint density at radius 2 is 1.92 bits per heavy atom. The molecule has 0 saturated carbocycles. The smallest absolute Gasteiger partial charge is 0.332 e. The average Bonchev–Trinajstić information content (AvgIpc) is 2.90. The molecule has 1 atom stereocenters. The van der Waals surface area contributed by atoms with Crippen molar-refractivity contribution >= 4 is 19.0 Å². The third kappa shape index (κ3) is 5.69. The van der Waals surface area contributed by atoms with Gasteiger partial charge in [-0.2, -0.15) is 0 Å². The first kappa shape index (κ1) is 20.3. The molecule has 0 bridgehead atoms. The van der Waals surface area contributed by atoms with Crippen LogP contribution >= 0.6 is 7.82 Å². The van der Waals surface area contributed by atoms with Crippen molar-refractivity contribution in [2.24, 2.45) is 14.1 Å². The summed E-state index contributed by atoms with van der Waals surface area (Å²) in [6.07, 6.45) is 1.39. The second-order valence-corrected chi connectivity index (χ2v) is 7.32. The van der Waals surface area contributed by atoms with Crippen LogP contribution in [0.3, 0.4) is 0 Å². The predicted molar refractivity (Wildman–Crippen MR) is 85.3 cm³/mol. The van der Waals surface area contributed by atoms with Gasteiger partial charge in [-0.05, 0) is 0 Å². The van der Waals surface area contributed by atoms with Crippen LogP contribution in [0.5, 0.6) is 0 Å². The van der Waals surface area contributed by atoms with Crippen molar-refractivity contribution in [3.63, 3.8) is 0 Å². The van der Waals surface area contributed by atoms with Crippen LogP contribution in [0.25, 0.3) is 11.2 Å². The molecule has 0 aliphatic heterocycles. The van der Waals surface area contributed by atoms with E-state index in [0.29, 0.717) is 22.2 Å². The van der Waals surface area contributed by atoms with E-state index < -0.39 is 7.82 Å². The number of likely N-dealkylation sites (N-methyl/N-ethyl adjacent to an activating group) is 1. The predicted octanol–water partition coefficient (Wildman–Crippen LogP) is -1.87. The van der Waals surface area contributed by atoms with Crippen LogP contribution in [0.15, 0.2) is 15.9 Å². The molecule has 0 amide bonds. The van der Waals surface area contributed by atoms with Gasteiger partial charge in [-0.3, -0.25) is 18.5 Å². The normalized spacial score (nSPS) is 14.1. The third-order valence-corrected chi connectivity index (χ3v) is 3.55. The minimum atomic E-state index is -4.51. The summed E-state index contributed by atoms with van der Waals surface area (Å²) < 4.78 is 17.2. The Bertz CT molecular complexity index is 855. The molecule has 24 heavy (non-hydrogen) atoms. The lowest BCUT2D eigenvalue weighted by molar-refractivity contribution is -0.870. The Kier molecular flexibility index (Phi) is 6.26. The fourth-order valence-corrected chi connectivity index (χ4v) is 2.01. The molecule has 12 heteroatoms. The Labute approximate surface area is 138 Å². The molecule has 2 rings (SSSR count). The SMILES string of the molecule is C[N+](C)(C)CCOP(=O)([O-])O.Cn1c(=O)c2[nH]cnc2n(C)c1=O. The van der Waals surface area contributed by atoms with Crippen LogP contribution in [-0.4, -0.2) is 62.8 Å². The quantitative estimate of drug-likeness (QED) is 0.479. The van der Waals surface area contributed by atoms with Crippen LogP contribution < -0.4 is 16.1 Å². The largest absolute Gasteiger partial charge is 0.756 e. The standard InChI is InChI=1S/C7H8N4O2.C5H14NO4P/c1-10-5-4(8-3-9-5)6(12)11(2)7(10)13;1-6(2,3)4-5-10-11(7,8)9/h3H,1-2H3,(H,8,9);4-5H2,1-3H3,(H-,7,8,9). The highest BCUT2D eigenvalue weighted by Gasteiger charge is 2.09. The van der Waals surface area contributed by atoms with Crippen molar-refractivity contribution in [1.82, 2.24) is 19.1 Å². The summed E-state index contributed by atoms with van der Waals surface area (Å²) >= 11 is 0. The highest BCUT2D eigenvalue weighted by Crippen LogP contribution is 2.29. The highest BCUT2D eigenvalue weighted by molar-refractivity contribution is 7.44. The molecular formula is C12H22N5O6P. The number of phosphoric acid groups is 1. The maximum Gasteiger partial charge on any atom is 0.332 e. The van der Waals surface area contributed by atoms with Crippen molar-refractivity contribution in [3.8, 4) is 0 Å². The van der Waals surface area contributed by atoms with E-state index in [1.165, 1.54) is 17.9 Å². The first-order valence-corrected chi connectivity index (χ1v) is 8.41. The molecule has 2 aromatic heterocycles. The van der Waals surface area contributed by atoms with Gasteiger partial charge in [0.15, 0.2) is 5.65 Å². The number of aryl methyl sites for hydroxylation is 1. The molecule has 0 radical (unpaired) electrons. The Balaban J connectivity index is 0.000000245. The summed E-state index contributed by atoms with van der Waals surface area (Å²) in [6.45, 7) is 0.549. The fraction of sp³-hybridized carbons (Fsp3) is 0.583. The summed E-state index contributed by atoms with van der Waals surface area (Å²) in [6, 6.07) is 0. The summed E-state index contributed by atoms with van der Waals surface area (Å²) in [7, 11) is 4.20. The Hall–Kier alpha value is -1.78. The van der Waals surface area contributed by atoms with E-state index in [-0.39, 0.29) is 17.9 Å². The van der Waals surface area contributed by atoms with E-state index in [1.54, 1.807) is 7.05 Å². The van der Waals surface area contributed by atoms with E-state index in [4.69, 9.17) is 4.89 Å². The van der Waals surface area contributed by atoms with Gasteiger partial charge in [0, 0.05) is 14.1 Å². The van der Waals surface area contributed by atoms with Crippen LogP contribution in [0.1, 0.15) is 0 Å². The monoisotopic (exact) mass is 363 g/mol. The molecular weight excluding hydrogens is 341 g/mol. The number of fused-ring (bicyclic) bond motifs is 1. The summed E-state index contributed by atoms with van der Waals surface area (Å²) in [5, 5.41) is 0. The first-order chi connectivity index (χ1) is 10.8. The zero-order valence-electron chi connectivity index (χ0n) is 14.2. The maximum absolute atomic E-state index is 11.4. The van der Waals surface area contributed by atoms with Crippen LogP contribution in [-0.2, 0) is 23.2 Å². The Morgan fingerprint density at radius 1 is 1.33 bits per heavy atom. The zero-order valence-corrected chi connectivity index (χ0v) is 15.1. The molecule has 136 valence electrons. The van der Waals surface area contributed by atoms with Crippen molar-refractivity contribution in [3.05, 3.63) is 27.2 Å². The van der Waals surface area contributed by atoms with Crippen molar-refractivity contribution in [1.29, 1.82) is 0 Å². The molecule has 11 nitrogen and oxygen atoms in total. The number of hydrogen-bond donors (Lipinski definition) is 2. The lowest BCUT2D eigenvalue weighted by atomic mass is 10.5. The number of hydrogen-bond acceptors (Lipinski definition) is 6. The first-order valence-electron chi connectivity index (χ1n) is 6.91. The Morgan fingerprint density at radius 3 is 2.42 bits per heavy atom. The van der Waals surface area contributed by atoms with Gasteiger partial charge in [-0.15, -0.1) is 0 Å². The molecule has 0 aliphatic carbocycles. The van der Waals surface area contributed by atoms with Gasteiger partial charge in [0.25, 0.3) is 13.4 Å². The van der Waals surface area contributed by atoms with Gasteiger partial charge in [-0.1, -0.05) is 0 Å². The average molecular weight is 363 g/mol. The van der Waals surface area contributed by atoms with Gasteiger partial charge in [0.05, 0.1) is 27.5 Å². The molecule has 2 aromatic rings. The molecule has 0 saturated heterocycles. The lowest BCUT2D eigenvalue weighted by Gasteiger charge is -2.25. The number of quaternary nitrogens is 1. The van der Waals surface area contributed by atoms with Gasteiger partial charge < -0.3 is 23.8 Å². The highest BCUT2D eigenvalue weighted by atomic mass is 31.2. The number of rotatable bonds is 4. The number of nitrogens with zero attached hydrogens (tertiary/aromatic N) is 4. The van der Waals surface area contributed by atoms with Crippen molar-refractivity contribution < 1.29 is 23.4 Å². The van der Waals surface area contributed by atoms with Crippen molar-refractivity contribution in [2.45, 2.75) is 0 Å². The van der Waals surface area contributed by atoms with Crippen LogP contribution in [0, 0.1) is 0 Å². The van der Waals surface area contributed by atoms with E-state index in [9.17, 15) is 19.0 Å². The summed E-state index contributed by atoms with van der Waals surface area (Å²) in [5.41, 5.74) is 0.0119. The molecule has 0 spiro atoms. The zero-order chi connectivity index (χ0) is 18.7. The third-order valence-electron chi connectivity index (χ3n) is 3.05. The minimum absolute atomic E-state index is 0.0147. The van der Waals surface area contributed by atoms with E-state index in [1.807, 2.05) is 21.1 Å². The molecule has 0 aromatic carbocycles. The molecule has 2 N–H and O–H groups in total. The number of phosphoric ester groups is 1. The number of aromatic nitrogens is 4. The number of aromatic amines is 1. The van der Waals surface area contributed by atoms with Crippen LogP contribution in [0.4, 0.5) is 0 Å². The maximum atomic E-state index is 11.4. The number of nitrogens with one attached hydrogen (secondary N) is 1. The summed E-state index contributed by atoms with van der Waals surface area (Å²) in [4.78, 5) is 47.6. The van der Waals surface area contributed by atoms with E-state index >= 15 is 0 Å². The van der Waals surface area contributed by atoms with Crippen LogP contribution in [0.2, 0.25) is 0 Å². The number of H-pyrrole nitrogens is 1. The van der Waals surface area contributed by atoms with E-state index in [0.717, 1.165) is 4.57 Å². The van der Waals surface area contributed by atoms with Crippen molar-refractivity contribution in [2.75, 3.05) is 34.3 Å². The lowest BCUT2D eigenvalue weighted by Crippen LogP contribution is -2.37. The molecule has 2 heterocycles. The van der Waals surface area contributed by atoms with Gasteiger partial charge in [0.1, 0.15) is 18.7 Å². The van der Waals surface area contributed by atoms with Gasteiger partial charge in [-0.25, -0.2) is 9.78 Å². The second-order valence-electron chi connectivity index (χ2n) is 6.12. The van der Waals surface area contributed by atoms with Gasteiger partial charge in [0.2, 0.25) is 0 Å². The van der Waals surface area contributed by atoms with Gasteiger partial charge >= 0.3 is 5.69 Å². The minimum Gasteiger partial charge on any atom is -0.756 e.